The molecule has 0 fully saturated rings. The fraction of sp³-hybridized carbons (Fsp3) is 0.600. The second kappa shape index (κ2) is 6.08. The van der Waals surface area contributed by atoms with Gasteiger partial charge in [0.05, 0.1) is 0 Å². The molecule has 0 atom stereocenters. The lowest BCUT2D eigenvalue weighted by atomic mass is 10.3. The van der Waals surface area contributed by atoms with Crippen LogP contribution >= 0.6 is 0 Å². The first-order valence-electron chi connectivity index (χ1n) is 5.15. The van der Waals surface area contributed by atoms with Gasteiger partial charge >= 0.3 is 36.0 Å². The topological polar surface area (TPSA) is 52.6 Å². The molecular formula is C10H8F8O4. The summed E-state index contributed by atoms with van der Waals surface area (Å²) in [5, 5.41) is 0. The van der Waals surface area contributed by atoms with E-state index < -0.39 is 36.0 Å². The predicted octanol–water partition coefficient (Wildman–Crippen LogP) is 3.13. The van der Waals surface area contributed by atoms with Crippen molar-refractivity contribution < 1.29 is 54.2 Å². The van der Waals surface area contributed by atoms with E-state index in [9.17, 15) is 44.7 Å². The number of esters is 2. The quantitative estimate of drug-likeness (QED) is 0.422. The van der Waals surface area contributed by atoms with Crippen molar-refractivity contribution in [2.75, 3.05) is 0 Å². The molecule has 0 radical (unpaired) electrons. The summed E-state index contributed by atoms with van der Waals surface area (Å²) in [6.07, 6.45) is -11.0. The SMILES string of the molecule is CC(F)(F)C(F)(F)OC(=O)/C=C/C(=O)OC(F)(F)C(C)(F)F. The average molecular weight is 344 g/mol. The Balaban J connectivity index is 4.75. The summed E-state index contributed by atoms with van der Waals surface area (Å²) in [5.41, 5.74) is 0. The van der Waals surface area contributed by atoms with Crippen molar-refractivity contribution in [3.8, 4) is 0 Å². The van der Waals surface area contributed by atoms with E-state index in [4.69, 9.17) is 0 Å². The van der Waals surface area contributed by atoms with Crippen LogP contribution in [0.15, 0.2) is 12.2 Å². The summed E-state index contributed by atoms with van der Waals surface area (Å²) >= 11 is 0. The van der Waals surface area contributed by atoms with Gasteiger partial charge in [0.1, 0.15) is 0 Å². The second-order valence-corrected chi connectivity index (χ2v) is 3.99. The van der Waals surface area contributed by atoms with Gasteiger partial charge in [-0.15, -0.1) is 0 Å². The van der Waals surface area contributed by atoms with E-state index in [2.05, 4.69) is 9.47 Å². The lowest BCUT2D eigenvalue weighted by Crippen LogP contribution is -2.42. The van der Waals surface area contributed by atoms with E-state index in [1.54, 1.807) is 0 Å². The first-order chi connectivity index (χ1) is 9.49. The highest BCUT2D eigenvalue weighted by Gasteiger charge is 2.57. The highest BCUT2D eigenvalue weighted by atomic mass is 19.3. The number of hydrogen-bond donors (Lipinski definition) is 0. The van der Waals surface area contributed by atoms with Crippen molar-refractivity contribution in [3.63, 3.8) is 0 Å². The highest BCUT2D eigenvalue weighted by molar-refractivity contribution is 5.91. The van der Waals surface area contributed by atoms with Crippen LogP contribution in [0.1, 0.15) is 13.8 Å². The fourth-order valence-corrected chi connectivity index (χ4v) is 0.636. The molecule has 0 spiro atoms. The Labute approximate surface area is 117 Å². The van der Waals surface area contributed by atoms with E-state index in [1.807, 2.05) is 0 Å². The molecule has 4 nitrogen and oxygen atoms in total. The maximum absolute atomic E-state index is 12.6. The maximum atomic E-state index is 12.6. The Kier molecular flexibility index (Phi) is 5.56. The molecule has 128 valence electrons. The monoisotopic (exact) mass is 344 g/mol. The fourth-order valence-electron chi connectivity index (χ4n) is 0.636. The number of hydrogen-bond acceptors (Lipinski definition) is 4. The van der Waals surface area contributed by atoms with Crippen molar-refractivity contribution in [1.82, 2.24) is 0 Å². The summed E-state index contributed by atoms with van der Waals surface area (Å²) in [4.78, 5) is 21.4. The largest absolute Gasteiger partial charge is 0.466 e. The maximum Gasteiger partial charge on any atom is 0.466 e. The van der Waals surface area contributed by atoms with Gasteiger partial charge in [0, 0.05) is 26.0 Å². The summed E-state index contributed by atoms with van der Waals surface area (Å²) in [6.45, 7) is -0.551. The van der Waals surface area contributed by atoms with Crippen LogP contribution in [0.4, 0.5) is 35.1 Å². The molecule has 0 aliphatic heterocycles. The first-order valence-corrected chi connectivity index (χ1v) is 5.15. The van der Waals surface area contributed by atoms with Crippen LogP contribution in [-0.2, 0) is 19.1 Å². The minimum atomic E-state index is -5.24. The Morgan fingerprint density at radius 2 is 0.909 bits per heavy atom. The van der Waals surface area contributed by atoms with Crippen molar-refractivity contribution in [1.29, 1.82) is 0 Å². The molecule has 12 heteroatoms. The van der Waals surface area contributed by atoms with Crippen LogP contribution in [0, 0.1) is 0 Å². The first kappa shape index (κ1) is 20.1. The zero-order valence-corrected chi connectivity index (χ0v) is 10.8. The van der Waals surface area contributed by atoms with E-state index in [1.165, 1.54) is 0 Å². The van der Waals surface area contributed by atoms with Crippen molar-refractivity contribution in [3.05, 3.63) is 12.2 Å². The van der Waals surface area contributed by atoms with E-state index in [0.29, 0.717) is 0 Å². The Morgan fingerprint density at radius 1 is 0.682 bits per heavy atom. The molecule has 0 aromatic heterocycles. The van der Waals surface area contributed by atoms with Gasteiger partial charge in [0.2, 0.25) is 0 Å². The lowest BCUT2D eigenvalue weighted by Gasteiger charge is -2.22. The Hall–Kier alpha value is -1.88. The molecule has 0 heterocycles. The smallest absolute Gasteiger partial charge is 0.393 e. The third-order valence-corrected chi connectivity index (χ3v) is 1.84. The number of ether oxygens (including phenoxy) is 2. The van der Waals surface area contributed by atoms with Gasteiger partial charge < -0.3 is 9.47 Å². The van der Waals surface area contributed by atoms with Crippen LogP contribution in [0.5, 0.6) is 0 Å². The molecule has 0 unspecified atom stereocenters. The predicted molar refractivity (Wildman–Crippen MR) is 52.5 cm³/mol. The summed E-state index contributed by atoms with van der Waals surface area (Å²) < 4.78 is 105. The number of carbonyl (C=O) groups is 2. The number of alkyl halides is 8. The molecule has 0 N–H and O–H groups in total. The molecule has 22 heavy (non-hydrogen) atoms. The molecular weight excluding hydrogens is 336 g/mol. The minimum Gasteiger partial charge on any atom is -0.393 e. The molecule has 0 amide bonds. The zero-order valence-electron chi connectivity index (χ0n) is 10.8. The molecule has 0 aliphatic carbocycles. The highest BCUT2D eigenvalue weighted by Crippen LogP contribution is 2.35. The second-order valence-electron chi connectivity index (χ2n) is 3.99. The molecule has 0 aliphatic rings. The van der Waals surface area contributed by atoms with E-state index >= 15 is 0 Å². The minimum absolute atomic E-state index is 0.272. The standard InChI is InChI=1S/C10H8F8O4/c1-7(11,12)9(15,16)21-5(19)3-4-6(20)22-10(17,18)8(2,13)14/h3-4H,1-2H3/b4-3+. The molecule has 0 aromatic carbocycles. The van der Waals surface area contributed by atoms with Gasteiger partial charge in [-0.3, -0.25) is 0 Å². The van der Waals surface area contributed by atoms with E-state index in [0.717, 1.165) is 0 Å². The summed E-state index contributed by atoms with van der Waals surface area (Å²) in [6, 6.07) is 0. The zero-order chi connectivity index (χ0) is 18.0. The Morgan fingerprint density at radius 3 is 1.09 bits per heavy atom. The third-order valence-electron chi connectivity index (χ3n) is 1.84. The third kappa shape index (κ3) is 5.48. The molecule has 0 aromatic rings. The van der Waals surface area contributed by atoms with Gasteiger partial charge in [-0.2, -0.15) is 35.1 Å². The van der Waals surface area contributed by atoms with E-state index in [-0.39, 0.29) is 26.0 Å². The number of rotatable bonds is 6. The van der Waals surface area contributed by atoms with Gasteiger partial charge in [0.15, 0.2) is 0 Å². The molecule has 0 saturated heterocycles. The van der Waals surface area contributed by atoms with Crippen molar-refractivity contribution >= 4 is 11.9 Å². The number of carbonyl (C=O) groups excluding carboxylic acids is 2. The summed E-state index contributed by atoms with van der Waals surface area (Å²) in [5.74, 6) is -13.9. The van der Waals surface area contributed by atoms with Gasteiger partial charge in [-0.25, -0.2) is 9.59 Å². The van der Waals surface area contributed by atoms with Gasteiger partial charge in [0.25, 0.3) is 0 Å². The lowest BCUT2D eigenvalue weighted by molar-refractivity contribution is -0.323. The van der Waals surface area contributed by atoms with Crippen molar-refractivity contribution in [2.24, 2.45) is 0 Å². The molecule has 0 bridgehead atoms. The van der Waals surface area contributed by atoms with Gasteiger partial charge in [-0.05, 0) is 0 Å². The molecule has 0 rings (SSSR count). The van der Waals surface area contributed by atoms with Crippen LogP contribution < -0.4 is 0 Å². The van der Waals surface area contributed by atoms with Crippen LogP contribution in [0.3, 0.4) is 0 Å². The van der Waals surface area contributed by atoms with Gasteiger partial charge in [-0.1, -0.05) is 0 Å². The van der Waals surface area contributed by atoms with Crippen LogP contribution in [-0.4, -0.2) is 36.0 Å². The average Bonchev–Trinajstić information content (AvgIpc) is 2.21. The summed E-state index contributed by atoms with van der Waals surface area (Å²) in [7, 11) is 0. The number of halogens is 8. The van der Waals surface area contributed by atoms with Crippen molar-refractivity contribution in [2.45, 2.75) is 37.9 Å². The van der Waals surface area contributed by atoms with Crippen LogP contribution in [0.2, 0.25) is 0 Å². The molecule has 0 saturated carbocycles. The van der Waals surface area contributed by atoms with Crippen LogP contribution in [0.25, 0.3) is 0 Å². The Bertz CT molecular complexity index is 419. The normalized spacial score (nSPS) is 14.1.